The average Bonchev–Trinajstić information content (AvgIpc) is 2.70. The Hall–Kier alpha value is -2.07. The van der Waals surface area contributed by atoms with E-state index in [1.165, 1.54) is 5.57 Å². The van der Waals surface area contributed by atoms with Gasteiger partial charge in [0.05, 0.1) is 17.1 Å². The Morgan fingerprint density at radius 3 is 3.00 bits per heavy atom. The molecule has 0 bridgehead atoms. The van der Waals surface area contributed by atoms with Crippen LogP contribution in [0.1, 0.15) is 5.69 Å². The van der Waals surface area contributed by atoms with Gasteiger partial charge in [-0.25, -0.2) is 5.84 Å². The number of hydrogen-bond acceptors (Lipinski definition) is 4. The Balaban J connectivity index is 2.14. The molecule has 1 aromatic rings. The molecule has 2 aliphatic heterocycles. The number of fused-ring (bicyclic) bond motifs is 1. The van der Waals surface area contributed by atoms with E-state index < -0.39 is 0 Å². The molecule has 0 spiro atoms. The molecule has 3 heterocycles. The first-order valence-corrected chi connectivity index (χ1v) is 5.56. The van der Waals surface area contributed by atoms with Crippen molar-refractivity contribution in [3.63, 3.8) is 0 Å². The number of hydrogen-bond donors (Lipinski definition) is 1. The van der Waals surface area contributed by atoms with Crippen LogP contribution in [0.2, 0.25) is 0 Å². The van der Waals surface area contributed by atoms with Crippen LogP contribution in [0.25, 0.3) is 5.57 Å². The van der Waals surface area contributed by atoms with E-state index in [0.717, 1.165) is 23.6 Å². The second-order valence-corrected chi connectivity index (χ2v) is 4.20. The summed E-state index contributed by atoms with van der Waals surface area (Å²) in [6, 6.07) is 5.94. The zero-order valence-corrected chi connectivity index (χ0v) is 9.67. The first kappa shape index (κ1) is 10.1. The van der Waals surface area contributed by atoms with Crippen LogP contribution in [0.4, 0.5) is 0 Å². The lowest BCUT2D eigenvalue weighted by molar-refractivity contribution is 0.442. The number of pyridine rings is 1. The van der Waals surface area contributed by atoms with Crippen molar-refractivity contribution in [2.45, 2.75) is 0 Å². The summed E-state index contributed by atoms with van der Waals surface area (Å²) in [5.41, 5.74) is 4.36. The molecule has 0 radical (unpaired) electrons. The van der Waals surface area contributed by atoms with Crippen LogP contribution in [0.15, 0.2) is 54.1 Å². The quantitative estimate of drug-likeness (QED) is 0.734. The SMILES string of the molecule is CN1CC(c2ccccn2)=C2C1=CC=CN2N. The molecule has 17 heavy (non-hydrogen) atoms. The van der Waals surface area contributed by atoms with Gasteiger partial charge in [-0.2, -0.15) is 0 Å². The van der Waals surface area contributed by atoms with E-state index in [2.05, 4.69) is 23.0 Å². The van der Waals surface area contributed by atoms with Gasteiger partial charge in [-0.3, -0.25) is 9.99 Å². The summed E-state index contributed by atoms with van der Waals surface area (Å²) < 4.78 is 0. The van der Waals surface area contributed by atoms with Gasteiger partial charge in [0.2, 0.25) is 0 Å². The van der Waals surface area contributed by atoms with Crippen molar-refractivity contribution < 1.29 is 0 Å². The van der Waals surface area contributed by atoms with Crippen LogP contribution in [-0.2, 0) is 0 Å². The van der Waals surface area contributed by atoms with Crippen molar-refractivity contribution in [2.75, 3.05) is 13.6 Å². The van der Waals surface area contributed by atoms with Crippen molar-refractivity contribution in [1.82, 2.24) is 14.9 Å². The molecule has 0 saturated heterocycles. The highest BCUT2D eigenvalue weighted by Gasteiger charge is 2.29. The molecule has 86 valence electrons. The third kappa shape index (κ3) is 1.54. The molecular formula is C13H14N4. The largest absolute Gasteiger partial charge is 0.368 e. The topological polar surface area (TPSA) is 45.4 Å². The fourth-order valence-electron chi connectivity index (χ4n) is 2.27. The molecule has 4 nitrogen and oxygen atoms in total. The lowest BCUT2D eigenvalue weighted by Gasteiger charge is -2.23. The van der Waals surface area contributed by atoms with Crippen LogP contribution in [-0.4, -0.2) is 28.5 Å². The summed E-state index contributed by atoms with van der Waals surface area (Å²) in [5, 5.41) is 1.67. The molecule has 1 aromatic heterocycles. The van der Waals surface area contributed by atoms with Crippen LogP contribution >= 0.6 is 0 Å². The van der Waals surface area contributed by atoms with E-state index in [-0.39, 0.29) is 0 Å². The Morgan fingerprint density at radius 2 is 2.24 bits per heavy atom. The lowest BCUT2D eigenvalue weighted by Crippen LogP contribution is -2.28. The molecule has 0 aliphatic carbocycles. The van der Waals surface area contributed by atoms with Crippen molar-refractivity contribution in [2.24, 2.45) is 5.84 Å². The molecular weight excluding hydrogens is 212 g/mol. The number of allylic oxidation sites excluding steroid dienone is 2. The smallest absolute Gasteiger partial charge is 0.0873 e. The van der Waals surface area contributed by atoms with E-state index >= 15 is 0 Å². The standard InChI is InChI=1S/C13H14N4/c1-16-9-10(11-5-2-3-7-15-11)13-12(16)6-4-8-17(13)14/h2-8H,9,14H2,1H3. The number of nitrogens with two attached hydrogens (primary N) is 1. The fourth-order valence-corrected chi connectivity index (χ4v) is 2.27. The molecule has 2 N–H and O–H groups in total. The van der Waals surface area contributed by atoms with Gasteiger partial charge in [0.25, 0.3) is 0 Å². The molecule has 0 unspecified atom stereocenters. The van der Waals surface area contributed by atoms with Crippen molar-refractivity contribution >= 4 is 5.57 Å². The molecule has 2 aliphatic rings. The minimum Gasteiger partial charge on any atom is -0.368 e. The molecule has 0 fully saturated rings. The summed E-state index contributed by atoms with van der Waals surface area (Å²) in [6.45, 7) is 0.841. The maximum absolute atomic E-state index is 6.00. The van der Waals surface area contributed by atoms with Gasteiger partial charge in [0, 0.05) is 31.6 Å². The number of nitrogens with zero attached hydrogens (tertiary/aromatic N) is 3. The third-order valence-electron chi connectivity index (χ3n) is 3.07. The van der Waals surface area contributed by atoms with Crippen molar-refractivity contribution in [1.29, 1.82) is 0 Å². The molecule has 0 atom stereocenters. The van der Waals surface area contributed by atoms with Gasteiger partial charge >= 0.3 is 0 Å². The zero-order chi connectivity index (χ0) is 11.8. The van der Waals surface area contributed by atoms with Crippen LogP contribution in [0.5, 0.6) is 0 Å². The lowest BCUT2D eigenvalue weighted by atomic mass is 10.1. The summed E-state index contributed by atoms with van der Waals surface area (Å²) in [6.07, 6.45) is 7.70. The summed E-state index contributed by atoms with van der Waals surface area (Å²) in [4.78, 5) is 6.59. The van der Waals surface area contributed by atoms with Gasteiger partial charge in [0.1, 0.15) is 0 Å². The van der Waals surface area contributed by atoms with Crippen LogP contribution < -0.4 is 5.84 Å². The minimum absolute atomic E-state index is 0.841. The number of hydrazine groups is 1. The first-order chi connectivity index (χ1) is 8.27. The van der Waals surface area contributed by atoms with Crippen LogP contribution in [0.3, 0.4) is 0 Å². The summed E-state index contributed by atoms with van der Waals surface area (Å²) in [7, 11) is 2.06. The molecule has 0 saturated carbocycles. The van der Waals surface area contributed by atoms with Gasteiger partial charge in [-0.05, 0) is 24.3 Å². The van der Waals surface area contributed by atoms with E-state index in [1.807, 2.05) is 36.7 Å². The summed E-state index contributed by atoms with van der Waals surface area (Å²) >= 11 is 0. The highest BCUT2D eigenvalue weighted by Crippen LogP contribution is 2.35. The van der Waals surface area contributed by atoms with Crippen molar-refractivity contribution in [3.05, 3.63) is 59.8 Å². The molecule has 0 amide bonds. The number of likely N-dealkylation sites (N-methyl/N-ethyl adjacent to an activating group) is 1. The van der Waals surface area contributed by atoms with Gasteiger partial charge in [-0.1, -0.05) is 6.07 Å². The van der Waals surface area contributed by atoms with Crippen LogP contribution in [0, 0.1) is 0 Å². The maximum atomic E-state index is 6.00. The van der Waals surface area contributed by atoms with E-state index in [1.54, 1.807) is 5.01 Å². The van der Waals surface area contributed by atoms with E-state index in [9.17, 15) is 0 Å². The molecule has 4 heteroatoms. The van der Waals surface area contributed by atoms with Gasteiger partial charge in [-0.15, -0.1) is 0 Å². The summed E-state index contributed by atoms with van der Waals surface area (Å²) in [5.74, 6) is 6.00. The van der Waals surface area contributed by atoms with E-state index in [0.29, 0.717) is 0 Å². The third-order valence-corrected chi connectivity index (χ3v) is 3.07. The van der Waals surface area contributed by atoms with Crippen molar-refractivity contribution in [3.8, 4) is 0 Å². The predicted octanol–water partition coefficient (Wildman–Crippen LogP) is 1.32. The Kier molecular flexibility index (Phi) is 2.23. The second kappa shape index (κ2) is 3.75. The predicted molar refractivity (Wildman–Crippen MR) is 67.0 cm³/mol. The first-order valence-electron chi connectivity index (χ1n) is 5.56. The maximum Gasteiger partial charge on any atom is 0.0873 e. The normalized spacial score (nSPS) is 18.6. The highest BCUT2D eigenvalue weighted by molar-refractivity contribution is 5.75. The Bertz CT molecular complexity index is 528. The molecule has 0 aromatic carbocycles. The minimum atomic E-state index is 0.841. The highest BCUT2D eigenvalue weighted by atomic mass is 15.4. The Labute approximate surface area is 100 Å². The monoisotopic (exact) mass is 226 g/mol. The molecule has 3 rings (SSSR count). The Morgan fingerprint density at radius 1 is 1.35 bits per heavy atom. The second-order valence-electron chi connectivity index (χ2n) is 4.20. The van der Waals surface area contributed by atoms with E-state index in [4.69, 9.17) is 5.84 Å². The van der Waals surface area contributed by atoms with Gasteiger partial charge in [0.15, 0.2) is 0 Å². The van der Waals surface area contributed by atoms with Gasteiger partial charge < -0.3 is 4.90 Å². The fraction of sp³-hybridized carbons (Fsp3) is 0.154. The number of rotatable bonds is 1. The zero-order valence-electron chi connectivity index (χ0n) is 9.67. The average molecular weight is 226 g/mol. The number of aromatic nitrogens is 1.